The average Bonchev–Trinajstić information content (AvgIpc) is 2.89. The molecule has 2 aliphatic rings. The molecule has 2 aliphatic heterocycles. The van der Waals surface area contributed by atoms with Crippen LogP contribution in [0.25, 0.3) is 0 Å². The second-order valence-corrected chi connectivity index (χ2v) is 10.8. The number of hydrogen-bond acceptors (Lipinski definition) is 7. The van der Waals surface area contributed by atoms with Gasteiger partial charge >= 0.3 is 12.1 Å². The first kappa shape index (κ1) is 30.8. The zero-order valence-electron chi connectivity index (χ0n) is 20.9. The number of methoxy groups -OCH3 is 1. The van der Waals surface area contributed by atoms with Crippen LogP contribution in [0, 0.1) is 0 Å². The molecule has 37 heavy (non-hydrogen) atoms. The summed E-state index contributed by atoms with van der Waals surface area (Å²) in [6.45, 7) is 5.91. The van der Waals surface area contributed by atoms with Gasteiger partial charge < -0.3 is 25.0 Å². The van der Waals surface area contributed by atoms with Crippen LogP contribution in [-0.2, 0) is 14.8 Å². The molecule has 210 valence electrons. The number of piperazine rings is 1. The van der Waals surface area contributed by atoms with Crippen LogP contribution in [0.3, 0.4) is 0 Å². The van der Waals surface area contributed by atoms with Crippen LogP contribution in [0.5, 0.6) is 5.75 Å². The molecular formula is C23H35F3N4O6S. The molecule has 1 aromatic rings. The highest BCUT2D eigenvalue weighted by molar-refractivity contribution is 7.89. The van der Waals surface area contributed by atoms with Crippen LogP contribution in [-0.4, -0.2) is 117 Å². The first-order valence-corrected chi connectivity index (χ1v) is 13.7. The number of likely N-dealkylation sites (tertiary alicyclic amines) is 1. The number of carboxylic acid groups (broad SMARTS) is 1. The first-order valence-electron chi connectivity index (χ1n) is 12.1. The van der Waals surface area contributed by atoms with Crippen molar-refractivity contribution in [3.63, 3.8) is 0 Å². The number of amides is 1. The van der Waals surface area contributed by atoms with E-state index in [-0.39, 0.29) is 18.2 Å². The molecule has 0 radical (unpaired) electrons. The normalized spacial score (nSPS) is 17.4. The summed E-state index contributed by atoms with van der Waals surface area (Å²) in [5.74, 6) is -2.25. The van der Waals surface area contributed by atoms with Crippen LogP contribution in [0.2, 0.25) is 0 Å². The fraction of sp³-hybridized carbons (Fsp3) is 0.652. The summed E-state index contributed by atoms with van der Waals surface area (Å²) in [6.07, 6.45) is -1.46. The van der Waals surface area contributed by atoms with E-state index in [9.17, 15) is 26.4 Å². The van der Waals surface area contributed by atoms with Gasteiger partial charge in [-0.25, -0.2) is 13.2 Å². The molecule has 2 N–H and O–H groups in total. The Labute approximate surface area is 215 Å². The van der Waals surface area contributed by atoms with E-state index in [2.05, 4.69) is 10.2 Å². The third-order valence-electron chi connectivity index (χ3n) is 6.09. The molecule has 3 rings (SSSR count). The van der Waals surface area contributed by atoms with E-state index in [0.29, 0.717) is 44.0 Å². The topological polar surface area (TPSA) is 119 Å². The first-order chi connectivity index (χ1) is 17.4. The minimum atomic E-state index is -5.08. The third-order valence-corrected chi connectivity index (χ3v) is 7.94. The van der Waals surface area contributed by atoms with Crippen molar-refractivity contribution >= 4 is 21.9 Å². The van der Waals surface area contributed by atoms with E-state index in [1.165, 1.54) is 23.6 Å². The highest BCUT2D eigenvalue weighted by atomic mass is 32.2. The summed E-state index contributed by atoms with van der Waals surface area (Å²) in [5, 5.41) is 10.3. The lowest BCUT2D eigenvalue weighted by atomic mass is 10.1. The maximum absolute atomic E-state index is 13.2. The van der Waals surface area contributed by atoms with Gasteiger partial charge in [0.15, 0.2) is 0 Å². The number of benzene rings is 1. The summed E-state index contributed by atoms with van der Waals surface area (Å²) < 4.78 is 64.0. The Morgan fingerprint density at radius 3 is 2.11 bits per heavy atom. The second kappa shape index (κ2) is 14.5. The zero-order valence-corrected chi connectivity index (χ0v) is 21.7. The molecule has 0 saturated carbocycles. The maximum atomic E-state index is 13.2. The zero-order chi connectivity index (χ0) is 27.5. The van der Waals surface area contributed by atoms with Gasteiger partial charge in [-0.05, 0) is 50.2 Å². The quantitative estimate of drug-likeness (QED) is 0.473. The average molecular weight is 553 g/mol. The van der Waals surface area contributed by atoms with Crippen molar-refractivity contribution in [1.82, 2.24) is 19.4 Å². The Balaban J connectivity index is 0.000000604. The molecule has 1 aromatic carbocycles. The van der Waals surface area contributed by atoms with Crippen LogP contribution in [0.15, 0.2) is 24.3 Å². The molecule has 0 spiro atoms. The van der Waals surface area contributed by atoms with E-state index >= 15 is 0 Å². The standard InChI is InChI=1S/C21H34N4O4S.C2HF3O2/c1-29-20-7-5-19(6-8-20)21(26)24(16-15-23-11-3-2-4-12-23)17-18-30(27,28)25-13-9-22-10-14-25;3-2(4,5)1(6)7/h5-8,22H,2-4,9-18H2,1H3;(H,6,7). The van der Waals surface area contributed by atoms with Gasteiger partial charge in [0, 0.05) is 51.4 Å². The number of halogens is 3. The Bertz CT molecular complexity index is 964. The van der Waals surface area contributed by atoms with Gasteiger partial charge in [-0.1, -0.05) is 6.42 Å². The molecule has 0 aliphatic carbocycles. The van der Waals surface area contributed by atoms with Gasteiger partial charge in [0.1, 0.15) is 5.75 Å². The molecular weight excluding hydrogens is 517 g/mol. The maximum Gasteiger partial charge on any atom is 0.490 e. The predicted octanol–water partition coefficient (Wildman–Crippen LogP) is 1.49. The highest BCUT2D eigenvalue weighted by Crippen LogP contribution is 2.15. The Hall–Kier alpha value is -2.42. The minimum Gasteiger partial charge on any atom is -0.497 e. The molecule has 1 amide bonds. The SMILES string of the molecule is COc1ccc(C(=O)N(CCN2CCCCC2)CCS(=O)(=O)N2CCNCC2)cc1.O=C(O)C(F)(F)F. The van der Waals surface area contributed by atoms with Crippen LogP contribution >= 0.6 is 0 Å². The van der Waals surface area contributed by atoms with Gasteiger partial charge in [0.05, 0.1) is 12.9 Å². The lowest BCUT2D eigenvalue weighted by Crippen LogP contribution is -2.49. The molecule has 0 bridgehead atoms. The molecule has 2 fully saturated rings. The second-order valence-electron chi connectivity index (χ2n) is 8.69. The highest BCUT2D eigenvalue weighted by Gasteiger charge is 2.38. The minimum absolute atomic E-state index is 0.0467. The third kappa shape index (κ3) is 10.5. The molecule has 0 atom stereocenters. The van der Waals surface area contributed by atoms with E-state index in [0.717, 1.165) is 19.6 Å². The number of carbonyl (C=O) groups is 2. The lowest BCUT2D eigenvalue weighted by Gasteiger charge is -2.31. The fourth-order valence-electron chi connectivity index (χ4n) is 3.95. The van der Waals surface area contributed by atoms with Gasteiger partial charge in [0.25, 0.3) is 5.91 Å². The van der Waals surface area contributed by atoms with Crippen LogP contribution < -0.4 is 10.1 Å². The molecule has 10 nitrogen and oxygen atoms in total. The number of ether oxygens (including phenoxy) is 1. The van der Waals surface area contributed by atoms with Crippen molar-refractivity contribution in [2.45, 2.75) is 25.4 Å². The van der Waals surface area contributed by atoms with Crippen molar-refractivity contribution in [2.75, 3.05) is 71.8 Å². The van der Waals surface area contributed by atoms with Crippen molar-refractivity contribution < 1.29 is 41.0 Å². The van der Waals surface area contributed by atoms with Crippen LogP contribution in [0.4, 0.5) is 13.2 Å². The van der Waals surface area contributed by atoms with Crippen molar-refractivity contribution in [1.29, 1.82) is 0 Å². The molecule has 2 heterocycles. The van der Waals surface area contributed by atoms with Gasteiger partial charge in [-0.3, -0.25) is 4.79 Å². The Kier molecular flexibility index (Phi) is 12.1. The van der Waals surface area contributed by atoms with E-state index < -0.39 is 22.2 Å². The predicted molar refractivity (Wildman–Crippen MR) is 131 cm³/mol. The summed E-state index contributed by atoms with van der Waals surface area (Å²) in [4.78, 5) is 26.1. The number of carboxylic acids is 1. The number of hydrogen-bond donors (Lipinski definition) is 2. The number of rotatable bonds is 9. The summed E-state index contributed by atoms with van der Waals surface area (Å²) in [5.41, 5.74) is 0.550. The fourth-order valence-corrected chi connectivity index (χ4v) is 5.40. The Morgan fingerprint density at radius 2 is 1.59 bits per heavy atom. The van der Waals surface area contributed by atoms with Gasteiger partial charge in [0.2, 0.25) is 10.0 Å². The smallest absolute Gasteiger partial charge is 0.490 e. The van der Waals surface area contributed by atoms with Crippen LogP contribution in [0.1, 0.15) is 29.6 Å². The number of sulfonamides is 1. The van der Waals surface area contributed by atoms with Crippen molar-refractivity contribution in [3.05, 3.63) is 29.8 Å². The monoisotopic (exact) mass is 552 g/mol. The number of alkyl halides is 3. The molecule has 2 saturated heterocycles. The van der Waals surface area contributed by atoms with E-state index in [1.54, 1.807) is 36.3 Å². The number of carbonyl (C=O) groups excluding carboxylic acids is 1. The van der Waals surface area contributed by atoms with E-state index in [1.807, 2.05) is 0 Å². The molecule has 0 unspecified atom stereocenters. The lowest BCUT2D eigenvalue weighted by molar-refractivity contribution is -0.192. The number of nitrogens with zero attached hydrogens (tertiary/aromatic N) is 3. The summed E-state index contributed by atoms with van der Waals surface area (Å²) >= 11 is 0. The molecule has 0 aromatic heterocycles. The summed E-state index contributed by atoms with van der Waals surface area (Å²) in [7, 11) is -1.80. The van der Waals surface area contributed by atoms with Crippen molar-refractivity contribution in [3.8, 4) is 5.75 Å². The summed E-state index contributed by atoms with van der Waals surface area (Å²) in [6, 6.07) is 6.99. The molecule has 14 heteroatoms. The number of nitrogens with one attached hydrogen (secondary N) is 1. The number of piperidine rings is 1. The largest absolute Gasteiger partial charge is 0.497 e. The number of aliphatic carboxylic acids is 1. The Morgan fingerprint density at radius 1 is 1.03 bits per heavy atom. The van der Waals surface area contributed by atoms with Gasteiger partial charge in [-0.15, -0.1) is 0 Å². The van der Waals surface area contributed by atoms with Gasteiger partial charge in [-0.2, -0.15) is 17.5 Å². The van der Waals surface area contributed by atoms with E-state index in [4.69, 9.17) is 14.6 Å². The van der Waals surface area contributed by atoms with Crippen molar-refractivity contribution in [2.24, 2.45) is 0 Å².